The van der Waals surface area contributed by atoms with E-state index in [1.165, 1.54) is 0 Å². The molecule has 82 valence electrons. The molecule has 15 heavy (non-hydrogen) atoms. The van der Waals surface area contributed by atoms with Gasteiger partial charge in [-0.25, -0.2) is 0 Å². The molecule has 0 aliphatic heterocycles. The minimum absolute atomic E-state index is 0.00709. The van der Waals surface area contributed by atoms with Crippen LogP contribution in [0.3, 0.4) is 0 Å². The molecule has 0 bridgehead atoms. The quantitative estimate of drug-likeness (QED) is 0.657. The molecule has 5 N–H and O–H groups in total. The Balaban J connectivity index is 2.59. The Morgan fingerprint density at radius 2 is 2.07 bits per heavy atom. The summed E-state index contributed by atoms with van der Waals surface area (Å²) in [7, 11) is 0. The number of benzene rings is 1. The molecule has 1 rings (SSSR count). The van der Waals surface area contributed by atoms with Crippen LogP contribution in [-0.4, -0.2) is 17.1 Å². The van der Waals surface area contributed by atoms with E-state index in [0.717, 1.165) is 11.1 Å². The second kappa shape index (κ2) is 5.48. The first-order chi connectivity index (χ1) is 7.11. The van der Waals surface area contributed by atoms with Crippen molar-refractivity contribution in [1.82, 2.24) is 0 Å². The fraction of sp³-hybridized carbons (Fsp3) is 0.364. The van der Waals surface area contributed by atoms with Crippen molar-refractivity contribution >= 4 is 5.97 Å². The summed E-state index contributed by atoms with van der Waals surface area (Å²) in [6.45, 7) is 0.488. The number of carboxylic acids is 1. The molecular formula is C11H16N2O2. The summed E-state index contributed by atoms with van der Waals surface area (Å²) in [4.78, 5) is 10.4. The molecule has 0 heterocycles. The number of hydrogen-bond donors (Lipinski definition) is 3. The van der Waals surface area contributed by atoms with Crippen LogP contribution >= 0.6 is 0 Å². The van der Waals surface area contributed by atoms with E-state index < -0.39 is 5.97 Å². The highest BCUT2D eigenvalue weighted by Gasteiger charge is 2.08. The molecule has 4 heteroatoms. The van der Waals surface area contributed by atoms with Crippen molar-refractivity contribution in [3.05, 3.63) is 35.4 Å². The molecular weight excluding hydrogens is 192 g/mol. The van der Waals surface area contributed by atoms with Crippen molar-refractivity contribution in [2.75, 3.05) is 0 Å². The van der Waals surface area contributed by atoms with Crippen molar-refractivity contribution in [3.63, 3.8) is 0 Å². The predicted octanol–water partition coefficient (Wildman–Crippen LogP) is 0.490. The van der Waals surface area contributed by atoms with E-state index in [9.17, 15) is 4.79 Å². The lowest BCUT2D eigenvalue weighted by molar-refractivity contribution is -0.137. The van der Waals surface area contributed by atoms with E-state index in [0.29, 0.717) is 13.0 Å². The maximum atomic E-state index is 10.4. The number of rotatable bonds is 5. The van der Waals surface area contributed by atoms with E-state index in [1.807, 2.05) is 24.3 Å². The Labute approximate surface area is 88.9 Å². The second-order valence-corrected chi connectivity index (χ2v) is 3.59. The van der Waals surface area contributed by atoms with Gasteiger partial charge in [0.25, 0.3) is 0 Å². The van der Waals surface area contributed by atoms with Crippen LogP contribution in [0.15, 0.2) is 24.3 Å². The van der Waals surface area contributed by atoms with Gasteiger partial charge in [-0.3, -0.25) is 4.79 Å². The topological polar surface area (TPSA) is 89.3 Å². The lowest BCUT2D eigenvalue weighted by atomic mass is 10.0. The summed E-state index contributed by atoms with van der Waals surface area (Å²) in [5.41, 5.74) is 13.3. The normalized spacial score (nSPS) is 12.4. The van der Waals surface area contributed by atoms with Crippen LogP contribution in [0.2, 0.25) is 0 Å². The zero-order chi connectivity index (χ0) is 11.3. The first-order valence-electron chi connectivity index (χ1n) is 4.87. The Morgan fingerprint density at radius 1 is 1.40 bits per heavy atom. The Morgan fingerprint density at radius 3 is 2.67 bits per heavy atom. The summed E-state index contributed by atoms with van der Waals surface area (Å²) in [6.07, 6.45) is 0.562. The van der Waals surface area contributed by atoms with Gasteiger partial charge in [0.05, 0.1) is 6.42 Å². The number of nitrogens with two attached hydrogens (primary N) is 2. The molecule has 0 amide bonds. The third-order valence-electron chi connectivity index (χ3n) is 2.16. The first kappa shape index (κ1) is 11.7. The molecule has 1 aromatic rings. The smallest absolute Gasteiger partial charge is 0.304 e. The van der Waals surface area contributed by atoms with Gasteiger partial charge in [0.15, 0.2) is 0 Å². The zero-order valence-electron chi connectivity index (χ0n) is 8.52. The fourth-order valence-electron chi connectivity index (χ4n) is 1.48. The van der Waals surface area contributed by atoms with Gasteiger partial charge in [0, 0.05) is 12.6 Å². The SMILES string of the molecule is NCc1cccc(C[C@H](N)CC(=O)O)c1. The van der Waals surface area contributed by atoms with Gasteiger partial charge in [0.2, 0.25) is 0 Å². The molecule has 0 saturated heterocycles. The van der Waals surface area contributed by atoms with Crippen molar-refractivity contribution in [1.29, 1.82) is 0 Å². The van der Waals surface area contributed by atoms with Gasteiger partial charge in [-0.1, -0.05) is 24.3 Å². The van der Waals surface area contributed by atoms with Crippen LogP contribution in [0.5, 0.6) is 0 Å². The Bertz CT molecular complexity index is 339. The van der Waals surface area contributed by atoms with Crippen molar-refractivity contribution < 1.29 is 9.90 Å². The van der Waals surface area contributed by atoms with E-state index >= 15 is 0 Å². The van der Waals surface area contributed by atoms with Gasteiger partial charge in [0.1, 0.15) is 0 Å². The van der Waals surface area contributed by atoms with Gasteiger partial charge in [-0.2, -0.15) is 0 Å². The molecule has 4 nitrogen and oxygen atoms in total. The summed E-state index contributed by atoms with van der Waals surface area (Å²) in [5.74, 6) is -0.863. The minimum Gasteiger partial charge on any atom is -0.481 e. The standard InChI is InChI=1S/C11H16N2O2/c12-7-9-3-1-2-8(4-9)5-10(13)6-11(14)15/h1-4,10H,5-7,12-13H2,(H,14,15)/t10-/m0/s1. The molecule has 0 aromatic heterocycles. The average molecular weight is 208 g/mol. The van der Waals surface area contributed by atoms with Crippen molar-refractivity contribution in [2.45, 2.75) is 25.4 Å². The maximum Gasteiger partial charge on any atom is 0.304 e. The van der Waals surface area contributed by atoms with Crippen LogP contribution in [-0.2, 0) is 17.8 Å². The highest BCUT2D eigenvalue weighted by atomic mass is 16.4. The van der Waals surface area contributed by atoms with E-state index in [2.05, 4.69) is 0 Å². The lowest BCUT2D eigenvalue weighted by Crippen LogP contribution is -2.26. The second-order valence-electron chi connectivity index (χ2n) is 3.59. The fourth-order valence-corrected chi connectivity index (χ4v) is 1.48. The molecule has 0 radical (unpaired) electrons. The number of aliphatic carboxylic acids is 1. The number of hydrogen-bond acceptors (Lipinski definition) is 3. The average Bonchev–Trinajstić information content (AvgIpc) is 2.16. The molecule has 1 atom stereocenters. The monoisotopic (exact) mass is 208 g/mol. The van der Waals surface area contributed by atoms with Gasteiger partial charge >= 0.3 is 5.97 Å². The van der Waals surface area contributed by atoms with Crippen LogP contribution < -0.4 is 11.5 Å². The molecule has 0 aliphatic carbocycles. The molecule has 0 aliphatic rings. The van der Waals surface area contributed by atoms with Gasteiger partial charge in [-0.05, 0) is 17.5 Å². The Kier molecular flexibility index (Phi) is 4.27. The van der Waals surface area contributed by atoms with Crippen molar-refractivity contribution in [2.24, 2.45) is 11.5 Å². The van der Waals surface area contributed by atoms with Crippen LogP contribution in [0.4, 0.5) is 0 Å². The number of carboxylic acid groups (broad SMARTS) is 1. The maximum absolute atomic E-state index is 10.4. The van der Waals surface area contributed by atoms with Crippen molar-refractivity contribution in [3.8, 4) is 0 Å². The zero-order valence-corrected chi connectivity index (χ0v) is 8.52. The summed E-state index contributed by atoms with van der Waals surface area (Å²) >= 11 is 0. The highest BCUT2D eigenvalue weighted by molar-refractivity contribution is 5.67. The van der Waals surface area contributed by atoms with Crippen LogP contribution in [0.25, 0.3) is 0 Å². The molecule has 0 fully saturated rings. The number of carbonyl (C=O) groups is 1. The van der Waals surface area contributed by atoms with Gasteiger partial charge < -0.3 is 16.6 Å². The minimum atomic E-state index is -0.863. The first-order valence-corrected chi connectivity index (χ1v) is 4.87. The van der Waals surface area contributed by atoms with Crippen LogP contribution in [0.1, 0.15) is 17.5 Å². The third kappa shape index (κ3) is 4.10. The highest BCUT2D eigenvalue weighted by Crippen LogP contribution is 2.08. The summed E-state index contributed by atoms with van der Waals surface area (Å²) < 4.78 is 0. The lowest BCUT2D eigenvalue weighted by Gasteiger charge is -2.09. The predicted molar refractivity (Wildman–Crippen MR) is 58.3 cm³/mol. The molecule has 1 aromatic carbocycles. The summed E-state index contributed by atoms with van der Waals surface area (Å²) in [6, 6.07) is 7.40. The van der Waals surface area contributed by atoms with Crippen LogP contribution in [0, 0.1) is 0 Å². The van der Waals surface area contributed by atoms with E-state index in [1.54, 1.807) is 0 Å². The summed E-state index contributed by atoms with van der Waals surface area (Å²) in [5, 5.41) is 8.56. The van der Waals surface area contributed by atoms with E-state index in [-0.39, 0.29) is 12.5 Å². The molecule has 0 unspecified atom stereocenters. The molecule has 0 saturated carbocycles. The largest absolute Gasteiger partial charge is 0.481 e. The third-order valence-corrected chi connectivity index (χ3v) is 2.16. The Hall–Kier alpha value is -1.39. The molecule has 0 spiro atoms. The van der Waals surface area contributed by atoms with Gasteiger partial charge in [-0.15, -0.1) is 0 Å². The van der Waals surface area contributed by atoms with E-state index in [4.69, 9.17) is 16.6 Å².